The zero-order valence-electron chi connectivity index (χ0n) is 23.0. The van der Waals surface area contributed by atoms with Gasteiger partial charge in [-0.05, 0) is 50.5 Å². The summed E-state index contributed by atoms with van der Waals surface area (Å²) in [5.74, 6) is 0.0459. The molecule has 3 aromatic carbocycles. The van der Waals surface area contributed by atoms with E-state index < -0.39 is 0 Å². The standard InChI is InChI=1S/C34H42O/c1-10-33(6,7)34(8,9)23-25-11-13-26(14-12-25)24(2)27-15-17-28(18-16-27)31(35)29-19-21-30(22-20-29)32(3,4)5/h11-22H,2,10,23H2,1,3-9H3. The normalized spacial score (nSPS) is 12.5. The Kier molecular flexibility index (Phi) is 7.60. The second kappa shape index (κ2) is 9.97. The molecule has 0 bridgehead atoms. The van der Waals surface area contributed by atoms with Gasteiger partial charge in [0.25, 0.3) is 0 Å². The summed E-state index contributed by atoms with van der Waals surface area (Å²) in [4.78, 5) is 13.0. The topological polar surface area (TPSA) is 17.1 Å². The van der Waals surface area contributed by atoms with Gasteiger partial charge in [0.1, 0.15) is 0 Å². The average molecular weight is 467 g/mol. The molecule has 0 aliphatic rings. The van der Waals surface area contributed by atoms with Crippen LogP contribution < -0.4 is 0 Å². The zero-order valence-corrected chi connectivity index (χ0v) is 23.0. The predicted molar refractivity (Wildman–Crippen MR) is 151 cm³/mol. The molecule has 0 unspecified atom stereocenters. The van der Waals surface area contributed by atoms with Crippen molar-refractivity contribution in [2.24, 2.45) is 10.8 Å². The molecule has 35 heavy (non-hydrogen) atoms. The Labute approximate surface area is 213 Å². The first-order chi connectivity index (χ1) is 16.2. The van der Waals surface area contributed by atoms with E-state index in [1.807, 2.05) is 36.4 Å². The van der Waals surface area contributed by atoms with Crippen molar-refractivity contribution in [1.29, 1.82) is 0 Å². The van der Waals surface area contributed by atoms with Crippen LogP contribution in [0.3, 0.4) is 0 Å². The molecule has 3 rings (SSSR count). The van der Waals surface area contributed by atoms with Crippen LogP contribution in [-0.4, -0.2) is 5.78 Å². The fraction of sp³-hybridized carbons (Fsp3) is 0.382. The largest absolute Gasteiger partial charge is 0.289 e. The van der Waals surface area contributed by atoms with Crippen molar-refractivity contribution < 1.29 is 4.79 Å². The van der Waals surface area contributed by atoms with Gasteiger partial charge in [0, 0.05) is 11.1 Å². The summed E-state index contributed by atoms with van der Waals surface area (Å²) >= 11 is 0. The van der Waals surface area contributed by atoms with Crippen LogP contribution in [-0.2, 0) is 11.8 Å². The van der Waals surface area contributed by atoms with Crippen molar-refractivity contribution in [2.45, 2.75) is 73.6 Å². The van der Waals surface area contributed by atoms with Crippen molar-refractivity contribution in [3.05, 3.63) is 113 Å². The maximum absolute atomic E-state index is 13.0. The highest BCUT2D eigenvalue weighted by molar-refractivity contribution is 6.09. The summed E-state index contributed by atoms with van der Waals surface area (Å²) in [5.41, 5.74) is 7.68. The number of hydrogen-bond acceptors (Lipinski definition) is 1. The van der Waals surface area contributed by atoms with E-state index in [0.29, 0.717) is 11.1 Å². The summed E-state index contributed by atoms with van der Waals surface area (Å²) in [7, 11) is 0. The van der Waals surface area contributed by atoms with E-state index in [4.69, 9.17) is 0 Å². The lowest BCUT2D eigenvalue weighted by molar-refractivity contribution is 0.103. The molecule has 0 amide bonds. The predicted octanol–water partition coefficient (Wildman–Crippen LogP) is 9.28. The third kappa shape index (κ3) is 6.01. The average Bonchev–Trinajstić information content (AvgIpc) is 2.83. The van der Waals surface area contributed by atoms with Gasteiger partial charge in [-0.2, -0.15) is 0 Å². The van der Waals surface area contributed by atoms with Gasteiger partial charge in [-0.3, -0.25) is 4.79 Å². The van der Waals surface area contributed by atoms with Gasteiger partial charge in [0.2, 0.25) is 0 Å². The molecular weight excluding hydrogens is 424 g/mol. The molecule has 0 N–H and O–H groups in total. The lowest BCUT2D eigenvalue weighted by Crippen LogP contribution is -2.33. The first-order valence-corrected chi connectivity index (χ1v) is 12.8. The number of hydrogen-bond donors (Lipinski definition) is 0. The molecule has 0 radical (unpaired) electrons. The quantitative estimate of drug-likeness (QED) is 0.302. The minimum absolute atomic E-state index is 0.0459. The Hall–Kier alpha value is -2.93. The van der Waals surface area contributed by atoms with Crippen molar-refractivity contribution in [1.82, 2.24) is 0 Å². The van der Waals surface area contributed by atoms with Crippen LogP contribution in [0, 0.1) is 10.8 Å². The summed E-state index contributed by atoms with van der Waals surface area (Å²) in [5, 5.41) is 0. The minimum Gasteiger partial charge on any atom is -0.289 e. The molecule has 0 spiro atoms. The number of rotatable bonds is 8. The lowest BCUT2D eigenvalue weighted by atomic mass is 9.64. The number of ketones is 1. The molecular formula is C34H42O. The van der Waals surface area contributed by atoms with Crippen molar-refractivity contribution >= 4 is 11.4 Å². The molecule has 0 saturated carbocycles. The van der Waals surface area contributed by atoms with Crippen LogP contribution in [0.5, 0.6) is 0 Å². The summed E-state index contributed by atoms with van der Waals surface area (Å²) in [6.45, 7) is 22.6. The molecule has 0 aliphatic carbocycles. The van der Waals surface area contributed by atoms with Gasteiger partial charge in [0.15, 0.2) is 5.78 Å². The van der Waals surface area contributed by atoms with Crippen LogP contribution in [0.2, 0.25) is 0 Å². The van der Waals surface area contributed by atoms with E-state index in [0.717, 1.165) is 29.5 Å². The van der Waals surface area contributed by atoms with E-state index in [1.165, 1.54) is 11.1 Å². The molecule has 0 saturated heterocycles. The van der Waals surface area contributed by atoms with Gasteiger partial charge in [0.05, 0.1) is 0 Å². The number of benzene rings is 3. The molecule has 1 heteroatoms. The van der Waals surface area contributed by atoms with E-state index in [2.05, 4.69) is 98.4 Å². The third-order valence-corrected chi connectivity index (χ3v) is 8.17. The van der Waals surface area contributed by atoms with E-state index in [9.17, 15) is 4.79 Å². The molecule has 0 aliphatic heterocycles. The molecule has 0 aromatic heterocycles. The molecule has 3 aromatic rings. The van der Waals surface area contributed by atoms with Crippen LogP contribution in [0.25, 0.3) is 5.57 Å². The number of carbonyl (C=O) groups excluding carboxylic acids is 1. The Morgan fingerprint density at radius 2 is 1.03 bits per heavy atom. The third-order valence-electron chi connectivity index (χ3n) is 8.17. The summed E-state index contributed by atoms with van der Waals surface area (Å²) in [6.07, 6.45) is 2.21. The second-order valence-corrected chi connectivity index (χ2v) is 12.2. The highest BCUT2D eigenvalue weighted by atomic mass is 16.1. The van der Waals surface area contributed by atoms with Gasteiger partial charge >= 0.3 is 0 Å². The van der Waals surface area contributed by atoms with Gasteiger partial charge < -0.3 is 0 Å². The van der Waals surface area contributed by atoms with Crippen LogP contribution >= 0.6 is 0 Å². The first kappa shape index (κ1) is 26.7. The van der Waals surface area contributed by atoms with Gasteiger partial charge in [-0.1, -0.05) is 141 Å². The molecule has 0 heterocycles. The molecule has 1 nitrogen and oxygen atoms in total. The highest BCUT2D eigenvalue weighted by Gasteiger charge is 2.35. The van der Waals surface area contributed by atoms with Gasteiger partial charge in [-0.15, -0.1) is 0 Å². The van der Waals surface area contributed by atoms with Crippen LogP contribution in [0.15, 0.2) is 79.4 Å². The van der Waals surface area contributed by atoms with Crippen molar-refractivity contribution in [2.75, 3.05) is 0 Å². The molecule has 0 fully saturated rings. The van der Waals surface area contributed by atoms with Crippen molar-refractivity contribution in [3.8, 4) is 0 Å². The van der Waals surface area contributed by atoms with Gasteiger partial charge in [-0.25, -0.2) is 0 Å². The smallest absolute Gasteiger partial charge is 0.193 e. The first-order valence-electron chi connectivity index (χ1n) is 12.8. The zero-order chi connectivity index (χ0) is 26.0. The maximum Gasteiger partial charge on any atom is 0.193 e. The number of carbonyl (C=O) groups is 1. The molecule has 184 valence electrons. The Morgan fingerprint density at radius 3 is 1.46 bits per heavy atom. The fourth-order valence-electron chi connectivity index (χ4n) is 4.33. The Bertz CT molecular complexity index is 1170. The second-order valence-electron chi connectivity index (χ2n) is 12.2. The molecule has 0 atom stereocenters. The van der Waals surface area contributed by atoms with E-state index in [-0.39, 0.29) is 22.0 Å². The maximum atomic E-state index is 13.0. The summed E-state index contributed by atoms with van der Waals surface area (Å²) < 4.78 is 0. The van der Waals surface area contributed by atoms with E-state index >= 15 is 0 Å². The lowest BCUT2D eigenvalue weighted by Gasteiger charge is -2.41. The Balaban J connectivity index is 1.71. The monoisotopic (exact) mass is 466 g/mol. The summed E-state index contributed by atoms with van der Waals surface area (Å²) in [6, 6.07) is 24.6. The van der Waals surface area contributed by atoms with Crippen LogP contribution in [0.1, 0.15) is 100.0 Å². The minimum atomic E-state index is 0.0459. The SMILES string of the molecule is C=C(c1ccc(CC(C)(C)C(C)(C)CC)cc1)c1ccc(C(=O)c2ccc(C(C)(C)C)cc2)cc1. The van der Waals surface area contributed by atoms with E-state index in [1.54, 1.807) is 0 Å². The highest BCUT2D eigenvalue weighted by Crippen LogP contribution is 2.43. The van der Waals surface area contributed by atoms with Crippen LogP contribution in [0.4, 0.5) is 0 Å². The van der Waals surface area contributed by atoms with Crippen molar-refractivity contribution in [3.63, 3.8) is 0 Å². The fourth-order valence-corrected chi connectivity index (χ4v) is 4.33. The Morgan fingerprint density at radius 1 is 0.629 bits per heavy atom.